The zero-order chi connectivity index (χ0) is 13.1. The molecule has 1 heterocycles. The fourth-order valence-electron chi connectivity index (χ4n) is 1.87. The molecule has 6 heteroatoms. The number of aryl methyl sites for hydroxylation is 1. The van der Waals surface area contributed by atoms with Gasteiger partial charge in [-0.1, -0.05) is 11.3 Å². The van der Waals surface area contributed by atoms with Crippen LogP contribution in [0.1, 0.15) is 17.3 Å². The van der Waals surface area contributed by atoms with Crippen molar-refractivity contribution in [3.8, 4) is 0 Å². The summed E-state index contributed by atoms with van der Waals surface area (Å²) in [6, 6.07) is 3.49. The van der Waals surface area contributed by atoms with E-state index in [1.54, 1.807) is 25.0 Å². The summed E-state index contributed by atoms with van der Waals surface area (Å²) < 4.78 is 28.0. The summed E-state index contributed by atoms with van der Waals surface area (Å²) in [5.41, 5.74) is 1.30. The van der Waals surface area contributed by atoms with E-state index in [2.05, 4.69) is 15.6 Å². The van der Waals surface area contributed by atoms with Crippen LogP contribution >= 0.6 is 0 Å². The molecule has 1 unspecified atom stereocenters. The number of rotatable bonds is 4. The van der Waals surface area contributed by atoms with Crippen LogP contribution in [0.25, 0.3) is 0 Å². The molecule has 0 aliphatic carbocycles. The van der Waals surface area contributed by atoms with Crippen LogP contribution in [-0.4, -0.2) is 22.0 Å². The molecule has 0 saturated heterocycles. The van der Waals surface area contributed by atoms with Gasteiger partial charge < -0.3 is 5.32 Å². The Balaban J connectivity index is 2.23. The van der Waals surface area contributed by atoms with Gasteiger partial charge in [-0.25, -0.2) is 8.78 Å². The molecule has 0 saturated carbocycles. The minimum absolute atomic E-state index is 0.120. The third-order valence-corrected chi connectivity index (χ3v) is 2.89. The van der Waals surface area contributed by atoms with Gasteiger partial charge in [0, 0.05) is 13.1 Å². The van der Waals surface area contributed by atoms with E-state index in [1.165, 1.54) is 12.1 Å². The maximum absolute atomic E-state index is 13.6. The number of nitrogens with one attached hydrogen (secondary N) is 1. The van der Waals surface area contributed by atoms with Gasteiger partial charge in [0.25, 0.3) is 0 Å². The number of benzene rings is 1. The Hall–Kier alpha value is -1.82. The van der Waals surface area contributed by atoms with Gasteiger partial charge in [-0.15, -0.1) is 5.10 Å². The second-order valence-corrected chi connectivity index (χ2v) is 4.06. The van der Waals surface area contributed by atoms with Gasteiger partial charge in [-0.05, 0) is 25.1 Å². The van der Waals surface area contributed by atoms with Crippen LogP contribution in [0.15, 0.2) is 24.4 Å². The summed E-state index contributed by atoms with van der Waals surface area (Å²) >= 11 is 0. The van der Waals surface area contributed by atoms with Crippen LogP contribution in [0, 0.1) is 11.6 Å². The molecule has 1 aromatic carbocycles. The monoisotopic (exact) mass is 252 g/mol. The lowest BCUT2D eigenvalue weighted by Crippen LogP contribution is -2.22. The van der Waals surface area contributed by atoms with Gasteiger partial charge in [0.05, 0.1) is 17.9 Å². The van der Waals surface area contributed by atoms with Crippen molar-refractivity contribution in [1.82, 2.24) is 20.3 Å². The summed E-state index contributed by atoms with van der Waals surface area (Å²) in [6.07, 6.45) is 2.03. The molecule has 0 aliphatic rings. The zero-order valence-corrected chi connectivity index (χ0v) is 10.2. The third-order valence-electron chi connectivity index (χ3n) is 2.89. The second-order valence-electron chi connectivity index (χ2n) is 4.06. The zero-order valence-electron chi connectivity index (χ0n) is 10.2. The van der Waals surface area contributed by atoms with Crippen LogP contribution in [0.4, 0.5) is 8.78 Å². The van der Waals surface area contributed by atoms with Crippen molar-refractivity contribution >= 4 is 0 Å². The van der Waals surface area contributed by atoms with E-state index in [0.717, 1.165) is 11.8 Å². The van der Waals surface area contributed by atoms with E-state index >= 15 is 0 Å². The highest BCUT2D eigenvalue weighted by atomic mass is 19.1. The number of halogens is 2. The molecule has 2 rings (SSSR count). The van der Waals surface area contributed by atoms with Gasteiger partial charge in [0.2, 0.25) is 0 Å². The Labute approximate surface area is 104 Å². The molecule has 2 aromatic rings. The van der Waals surface area contributed by atoms with Crippen LogP contribution < -0.4 is 5.32 Å². The van der Waals surface area contributed by atoms with Crippen molar-refractivity contribution in [1.29, 1.82) is 0 Å². The van der Waals surface area contributed by atoms with Crippen LogP contribution in [0.5, 0.6) is 0 Å². The summed E-state index contributed by atoms with van der Waals surface area (Å²) in [4.78, 5) is 0. The number of nitrogens with zero attached hydrogens (tertiary/aromatic N) is 3. The van der Waals surface area contributed by atoms with Crippen LogP contribution in [0.2, 0.25) is 0 Å². The van der Waals surface area contributed by atoms with E-state index in [0.29, 0.717) is 12.0 Å². The van der Waals surface area contributed by atoms with Crippen LogP contribution in [0.3, 0.4) is 0 Å². The Morgan fingerprint density at radius 2 is 2.17 bits per heavy atom. The fourth-order valence-corrected chi connectivity index (χ4v) is 1.87. The summed E-state index contributed by atoms with van der Waals surface area (Å²) in [7, 11) is 3.55. The maximum Gasteiger partial charge on any atom is 0.129 e. The standard InChI is InChI=1S/C12H14F2N4/c1-15-11(12-7-16-17-18(12)2)5-8-3-4-9(13)6-10(8)14/h3-4,6-7,11,15H,5H2,1-2H3. The predicted molar refractivity (Wildman–Crippen MR) is 62.9 cm³/mol. The van der Waals surface area contributed by atoms with Crippen molar-refractivity contribution < 1.29 is 8.78 Å². The van der Waals surface area contributed by atoms with E-state index < -0.39 is 11.6 Å². The minimum Gasteiger partial charge on any atom is -0.311 e. The average Bonchev–Trinajstić information content (AvgIpc) is 2.75. The summed E-state index contributed by atoms with van der Waals surface area (Å²) in [5, 5.41) is 10.7. The number of likely N-dealkylation sites (N-methyl/N-ethyl adjacent to an activating group) is 1. The first-order valence-corrected chi connectivity index (χ1v) is 5.57. The molecule has 1 atom stereocenters. The SMILES string of the molecule is CNC(Cc1ccc(F)cc1F)c1cnnn1C. The van der Waals surface area contributed by atoms with Crippen molar-refractivity contribution in [2.24, 2.45) is 7.05 Å². The topological polar surface area (TPSA) is 42.7 Å². The third kappa shape index (κ3) is 2.53. The summed E-state index contributed by atoms with van der Waals surface area (Å²) in [5.74, 6) is -1.11. The van der Waals surface area contributed by atoms with E-state index in [4.69, 9.17) is 0 Å². The molecule has 96 valence electrons. The van der Waals surface area contributed by atoms with Gasteiger partial charge in [0.15, 0.2) is 0 Å². The second kappa shape index (κ2) is 5.22. The first-order valence-electron chi connectivity index (χ1n) is 5.57. The van der Waals surface area contributed by atoms with Crippen molar-refractivity contribution in [2.45, 2.75) is 12.5 Å². The van der Waals surface area contributed by atoms with Gasteiger partial charge in [-0.2, -0.15) is 0 Å². The lowest BCUT2D eigenvalue weighted by atomic mass is 10.0. The van der Waals surface area contributed by atoms with E-state index in [9.17, 15) is 8.78 Å². The smallest absolute Gasteiger partial charge is 0.129 e. The Kier molecular flexibility index (Phi) is 3.66. The molecule has 18 heavy (non-hydrogen) atoms. The molecular formula is C12H14F2N4. The quantitative estimate of drug-likeness (QED) is 0.898. The molecule has 0 aliphatic heterocycles. The molecule has 0 spiro atoms. The first kappa shape index (κ1) is 12.6. The van der Waals surface area contributed by atoms with Crippen molar-refractivity contribution in [2.75, 3.05) is 7.05 Å². The minimum atomic E-state index is -0.570. The Morgan fingerprint density at radius 3 is 2.72 bits per heavy atom. The number of hydrogen-bond donors (Lipinski definition) is 1. The maximum atomic E-state index is 13.6. The molecule has 0 fully saturated rings. The molecular weight excluding hydrogens is 238 g/mol. The molecule has 4 nitrogen and oxygen atoms in total. The average molecular weight is 252 g/mol. The summed E-state index contributed by atoms with van der Waals surface area (Å²) in [6.45, 7) is 0. The molecule has 0 bridgehead atoms. The Bertz CT molecular complexity index is 539. The van der Waals surface area contributed by atoms with E-state index in [-0.39, 0.29) is 6.04 Å². The molecule has 0 radical (unpaired) electrons. The lowest BCUT2D eigenvalue weighted by Gasteiger charge is -2.16. The number of aromatic nitrogens is 3. The van der Waals surface area contributed by atoms with Gasteiger partial charge in [0.1, 0.15) is 11.6 Å². The lowest BCUT2D eigenvalue weighted by molar-refractivity contribution is 0.512. The van der Waals surface area contributed by atoms with E-state index in [1.807, 2.05) is 0 Å². The van der Waals surface area contributed by atoms with Crippen LogP contribution in [-0.2, 0) is 13.5 Å². The Morgan fingerprint density at radius 1 is 1.39 bits per heavy atom. The fraction of sp³-hybridized carbons (Fsp3) is 0.333. The van der Waals surface area contributed by atoms with Gasteiger partial charge >= 0.3 is 0 Å². The molecule has 1 N–H and O–H groups in total. The highest BCUT2D eigenvalue weighted by Gasteiger charge is 2.16. The number of hydrogen-bond acceptors (Lipinski definition) is 3. The highest BCUT2D eigenvalue weighted by Crippen LogP contribution is 2.19. The van der Waals surface area contributed by atoms with Crippen molar-refractivity contribution in [3.05, 3.63) is 47.3 Å². The normalized spacial score (nSPS) is 12.7. The first-order chi connectivity index (χ1) is 8.61. The largest absolute Gasteiger partial charge is 0.311 e. The highest BCUT2D eigenvalue weighted by molar-refractivity contribution is 5.21. The molecule has 1 aromatic heterocycles. The van der Waals surface area contributed by atoms with Crippen molar-refractivity contribution in [3.63, 3.8) is 0 Å². The van der Waals surface area contributed by atoms with Gasteiger partial charge in [-0.3, -0.25) is 4.68 Å². The molecule has 0 amide bonds. The predicted octanol–water partition coefficient (Wildman–Crippen LogP) is 1.60.